The fourth-order valence-electron chi connectivity index (χ4n) is 3.15. The van der Waals surface area contributed by atoms with Crippen molar-refractivity contribution in [1.29, 1.82) is 0 Å². The van der Waals surface area contributed by atoms with Crippen molar-refractivity contribution in [1.82, 2.24) is 0 Å². The van der Waals surface area contributed by atoms with E-state index in [0.717, 1.165) is 0 Å². The molecule has 0 aromatic rings. The van der Waals surface area contributed by atoms with Crippen LogP contribution in [-0.4, -0.2) is 31.1 Å². The molecule has 0 spiro atoms. The van der Waals surface area contributed by atoms with Gasteiger partial charge >= 0.3 is 154 Å². The molecule has 0 unspecified atom stereocenters. The van der Waals surface area contributed by atoms with E-state index in [2.05, 4.69) is 34.6 Å². The molecule has 0 heterocycles. The molecule has 0 amide bonds. The predicted octanol–water partition coefficient (Wildman–Crippen LogP) is 8.35. The first-order chi connectivity index (χ1) is 11.2. The zero-order valence-corrected chi connectivity index (χ0v) is 20.7. The number of hydrogen-bond donors (Lipinski definition) is 0. The first kappa shape index (κ1) is 24.2. The van der Waals surface area contributed by atoms with Gasteiger partial charge in [-0.25, -0.2) is 0 Å². The molecule has 0 saturated heterocycles. The quantitative estimate of drug-likeness (QED) is 0.160. The van der Waals surface area contributed by atoms with Crippen molar-refractivity contribution < 1.29 is 2.86 Å². The molecule has 0 atom stereocenters. The van der Waals surface area contributed by atoms with Gasteiger partial charge in [0.25, 0.3) is 0 Å². The summed E-state index contributed by atoms with van der Waals surface area (Å²) in [6, 6.07) is 0. The van der Waals surface area contributed by atoms with Crippen molar-refractivity contribution in [3.8, 4) is 0 Å². The summed E-state index contributed by atoms with van der Waals surface area (Å²) in [6.07, 6.45) is 16.5. The first-order valence-corrected chi connectivity index (χ1v) is 19.5. The van der Waals surface area contributed by atoms with Crippen LogP contribution in [0.15, 0.2) is 0 Å². The normalized spacial score (nSPS) is 12.3. The summed E-state index contributed by atoms with van der Waals surface area (Å²) in [5.41, 5.74) is 0. The van der Waals surface area contributed by atoms with Crippen LogP contribution < -0.4 is 0 Å². The molecule has 140 valence electrons. The van der Waals surface area contributed by atoms with Crippen LogP contribution in [0.5, 0.6) is 0 Å². The molecule has 0 aliphatic rings. The fourth-order valence-corrected chi connectivity index (χ4v) is 25.0. The van der Waals surface area contributed by atoms with Crippen molar-refractivity contribution >= 4 is 26.9 Å². The zero-order chi connectivity index (χ0) is 17.4. The minimum atomic E-state index is -2.36. The van der Waals surface area contributed by atoms with Gasteiger partial charge in [0.1, 0.15) is 0 Å². The summed E-state index contributed by atoms with van der Waals surface area (Å²) in [6.45, 7) is 11.7. The van der Waals surface area contributed by atoms with Crippen molar-refractivity contribution in [3.05, 3.63) is 0 Å². The molecule has 0 N–H and O–H groups in total. The third-order valence-electron chi connectivity index (χ3n) is 4.80. The summed E-state index contributed by atoms with van der Waals surface area (Å²) in [5, 5.41) is 0. The molecule has 0 fully saturated rings. The second kappa shape index (κ2) is 16.6. The van der Waals surface area contributed by atoms with E-state index in [9.17, 15) is 0 Å². The Balaban J connectivity index is 4.95. The van der Waals surface area contributed by atoms with E-state index in [1.54, 1.807) is 0 Å². The van der Waals surface area contributed by atoms with Gasteiger partial charge < -0.3 is 0 Å². The van der Waals surface area contributed by atoms with Gasteiger partial charge in [0.05, 0.1) is 0 Å². The maximum atomic E-state index is 7.22. The van der Waals surface area contributed by atoms with Gasteiger partial charge in [-0.2, -0.15) is 0 Å². The molecular formula is C20H45OPSn. The van der Waals surface area contributed by atoms with Crippen molar-refractivity contribution in [2.45, 2.75) is 112 Å². The summed E-state index contributed by atoms with van der Waals surface area (Å²) >= 11 is -2.36. The topological polar surface area (TPSA) is 9.23 Å². The van der Waals surface area contributed by atoms with Crippen molar-refractivity contribution in [2.75, 3.05) is 12.3 Å². The van der Waals surface area contributed by atoms with Crippen LogP contribution in [0.1, 0.15) is 98.8 Å². The number of rotatable bonds is 17. The Morgan fingerprint density at radius 1 is 0.565 bits per heavy atom. The Morgan fingerprint density at radius 2 is 0.913 bits per heavy atom. The molecule has 0 aromatic heterocycles. The summed E-state index contributed by atoms with van der Waals surface area (Å²) in [7, 11) is -0.117. The van der Waals surface area contributed by atoms with E-state index in [1.165, 1.54) is 89.8 Å². The van der Waals surface area contributed by atoms with E-state index in [0.29, 0.717) is 0 Å². The van der Waals surface area contributed by atoms with Gasteiger partial charge in [-0.15, -0.1) is 0 Å². The zero-order valence-electron chi connectivity index (χ0n) is 17.0. The molecule has 0 radical (unpaired) electrons. The molecule has 23 heavy (non-hydrogen) atoms. The molecule has 0 aliphatic carbocycles. The monoisotopic (exact) mass is 452 g/mol. The average Bonchev–Trinajstić information content (AvgIpc) is 2.58. The standard InChI is InChI=1S/C8H18OP.3C4H9.Sn/c1-3-5-7-10(9)8-6-4-2;3*1-3-4-2;/h3-8H2,1-2H3;3*1,3-4H2,2H3;/q-1;;;;+1. The SMILES string of the molecule is CCCCP(CCCC)[O][Sn]([CH2]CCC)([CH2]CCC)[CH2]CCC. The van der Waals surface area contributed by atoms with E-state index in [4.69, 9.17) is 2.86 Å². The van der Waals surface area contributed by atoms with Gasteiger partial charge in [0.15, 0.2) is 0 Å². The van der Waals surface area contributed by atoms with E-state index in [1.807, 2.05) is 0 Å². The average molecular weight is 451 g/mol. The molecule has 3 heteroatoms. The van der Waals surface area contributed by atoms with Crippen LogP contribution in [0.2, 0.25) is 13.3 Å². The van der Waals surface area contributed by atoms with E-state index in [-0.39, 0.29) is 8.15 Å². The van der Waals surface area contributed by atoms with Crippen LogP contribution in [-0.2, 0) is 2.86 Å². The third kappa shape index (κ3) is 12.2. The van der Waals surface area contributed by atoms with Crippen LogP contribution in [0, 0.1) is 0 Å². The Bertz CT molecular complexity index is 218. The number of unbranched alkanes of at least 4 members (excludes halogenated alkanes) is 5. The molecule has 0 aliphatic heterocycles. The second-order valence-corrected chi connectivity index (χ2v) is 21.9. The summed E-state index contributed by atoms with van der Waals surface area (Å²) < 4.78 is 11.7. The van der Waals surface area contributed by atoms with Gasteiger partial charge in [-0.1, -0.05) is 0 Å². The first-order valence-electron chi connectivity index (χ1n) is 10.6. The van der Waals surface area contributed by atoms with Gasteiger partial charge in [-0.3, -0.25) is 0 Å². The Morgan fingerprint density at radius 3 is 1.22 bits per heavy atom. The van der Waals surface area contributed by atoms with Crippen molar-refractivity contribution in [2.24, 2.45) is 0 Å². The minimum absolute atomic E-state index is 0.117. The van der Waals surface area contributed by atoms with Crippen molar-refractivity contribution in [3.63, 3.8) is 0 Å². The van der Waals surface area contributed by atoms with Crippen LogP contribution >= 0.6 is 8.15 Å². The van der Waals surface area contributed by atoms with Crippen LogP contribution in [0.3, 0.4) is 0 Å². The summed E-state index contributed by atoms with van der Waals surface area (Å²) in [4.78, 5) is 0. The molecule has 1 nitrogen and oxygen atoms in total. The third-order valence-corrected chi connectivity index (χ3v) is 23.4. The van der Waals surface area contributed by atoms with Gasteiger partial charge in [-0.05, 0) is 0 Å². The molecular weight excluding hydrogens is 406 g/mol. The second-order valence-electron chi connectivity index (χ2n) is 7.22. The van der Waals surface area contributed by atoms with Gasteiger partial charge in [0, 0.05) is 0 Å². The number of hydrogen-bond acceptors (Lipinski definition) is 1. The van der Waals surface area contributed by atoms with Gasteiger partial charge in [0.2, 0.25) is 0 Å². The Kier molecular flexibility index (Phi) is 17.5. The molecule has 0 aromatic carbocycles. The Labute approximate surface area is 154 Å². The molecule has 0 bridgehead atoms. The fraction of sp³-hybridized carbons (Fsp3) is 1.00. The predicted molar refractivity (Wildman–Crippen MR) is 112 cm³/mol. The van der Waals surface area contributed by atoms with Crippen LogP contribution in [0.4, 0.5) is 0 Å². The Hall–Kier alpha value is 1.19. The molecule has 0 saturated carbocycles. The van der Waals surface area contributed by atoms with E-state index < -0.39 is 18.8 Å². The van der Waals surface area contributed by atoms with Crippen LogP contribution in [0.25, 0.3) is 0 Å². The maximum absolute atomic E-state index is 7.22. The molecule has 0 rings (SSSR count). The summed E-state index contributed by atoms with van der Waals surface area (Å²) in [5.74, 6) is 0. The van der Waals surface area contributed by atoms with E-state index >= 15 is 0 Å².